The van der Waals surface area contributed by atoms with E-state index in [1.807, 2.05) is 95.6 Å². The van der Waals surface area contributed by atoms with Crippen LogP contribution in [0.4, 0.5) is 13.2 Å². The van der Waals surface area contributed by atoms with Crippen LogP contribution in [0.1, 0.15) is 5.56 Å². The molecule has 0 bridgehead atoms. The van der Waals surface area contributed by atoms with E-state index in [4.69, 9.17) is 14.4 Å². The number of fused-ring (bicyclic) bond motifs is 10. The number of alkyl halides is 3. The van der Waals surface area contributed by atoms with E-state index in [2.05, 4.69) is 58.1 Å². The number of nitrogens with one attached hydrogen (secondary N) is 1. The van der Waals surface area contributed by atoms with Gasteiger partial charge in [-0.25, -0.2) is 9.97 Å². The highest BCUT2D eigenvalue weighted by molar-refractivity contribution is 6.14. The SMILES string of the molecule is FC(F)(F)c1ccc2c(c1)c1ccc(-c3cccc4c3nc(-c3cccc5c3[nH]c3ccccc35)n4-c3ccccc3)cc1n2-c1nccc2c1oc1ccccc12. The molecule has 0 aliphatic rings. The predicted molar refractivity (Wildman–Crippen MR) is 226 cm³/mol. The number of imidazole rings is 1. The van der Waals surface area contributed by atoms with Crippen LogP contribution < -0.4 is 0 Å². The summed E-state index contributed by atoms with van der Waals surface area (Å²) in [5.74, 6) is 1.27. The lowest BCUT2D eigenvalue weighted by Crippen LogP contribution is -2.04. The van der Waals surface area contributed by atoms with Crippen LogP contribution in [0.15, 0.2) is 168 Å². The second kappa shape index (κ2) is 11.9. The van der Waals surface area contributed by atoms with E-state index >= 15 is 0 Å². The van der Waals surface area contributed by atoms with Crippen molar-refractivity contribution in [3.8, 4) is 34.0 Å². The highest BCUT2D eigenvalue weighted by atomic mass is 19.4. The fraction of sp³-hybridized carbons (Fsp3) is 0.0204. The lowest BCUT2D eigenvalue weighted by Gasteiger charge is -2.11. The summed E-state index contributed by atoms with van der Waals surface area (Å²) < 4.78 is 53.1. The van der Waals surface area contributed by atoms with E-state index in [9.17, 15) is 13.2 Å². The van der Waals surface area contributed by atoms with Gasteiger partial charge in [-0.05, 0) is 72.3 Å². The highest BCUT2D eigenvalue weighted by Gasteiger charge is 2.32. The molecule has 0 unspecified atom stereocenters. The van der Waals surface area contributed by atoms with Gasteiger partial charge < -0.3 is 9.40 Å². The average Bonchev–Trinajstić information content (AvgIpc) is 4.02. The molecule has 12 aromatic rings. The predicted octanol–water partition coefficient (Wildman–Crippen LogP) is 13.4. The Morgan fingerprint density at radius 2 is 1.33 bits per heavy atom. The summed E-state index contributed by atoms with van der Waals surface area (Å²) in [5, 5.41) is 5.18. The second-order valence-corrected chi connectivity index (χ2v) is 14.6. The molecule has 5 aromatic heterocycles. The van der Waals surface area contributed by atoms with Crippen LogP contribution in [0, 0.1) is 0 Å². The molecule has 0 aliphatic carbocycles. The maximum absolute atomic E-state index is 14.2. The Morgan fingerprint density at radius 3 is 2.21 bits per heavy atom. The van der Waals surface area contributed by atoms with Crippen LogP contribution in [0.3, 0.4) is 0 Å². The van der Waals surface area contributed by atoms with Gasteiger partial charge in [0.15, 0.2) is 11.4 Å². The first-order valence-corrected chi connectivity index (χ1v) is 18.9. The van der Waals surface area contributed by atoms with Crippen molar-refractivity contribution in [1.29, 1.82) is 0 Å². The maximum Gasteiger partial charge on any atom is 0.416 e. The molecule has 7 aromatic carbocycles. The van der Waals surface area contributed by atoms with Crippen molar-refractivity contribution in [3.63, 3.8) is 0 Å². The third-order valence-corrected chi connectivity index (χ3v) is 11.4. The molecule has 9 heteroatoms. The van der Waals surface area contributed by atoms with Gasteiger partial charge >= 0.3 is 6.18 Å². The van der Waals surface area contributed by atoms with Crippen LogP contribution in [0.25, 0.3) is 111 Å². The van der Waals surface area contributed by atoms with Gasteiger partial charge in [0, 0.05) is 60.8 Å². The molecule has 0 saturated carbocycles. The number of rotatable bonds is 4. The molecule has 58 heavy (non-hydrogen) atoms. The first-order valence-electron chi connectivity index (χ1n) is 18.9. The first-order chi connectivity index (χ1) is 28.4. The molecule has 0 fully saturated rings. The molecule has 0 aliphatic heterocycles. The zero-order valence-electron chi connectivity index (χ0n) is 30.4. The number of nitrogens with zero attached hydrogens (tertiary/aromatic N) is 4. The Kier molecular flexibility index (Phi) is 6.70. The molecule has 1 N–H and O–H groups in total. The molecular formula is C49H28F3N5O. The zero-order chi connectivity index (χ0) is 38.7. The summed E-state index contributed by atoms with van der Waals surface area (Å²) in [6, 6.07) is 50.4. The van der Waals surface area contributed by atoms with Gasteiger partial charge in [0.25, 0.3) is 0 Å². The van der Waals surface area contributed by atoms with Crippen molar-refractivity contribution in [2.45, 2.75) is 6.18 Å². The minimum absolute atomic E-state index is 0.464. The molecule has 0 atom stereocenters. The first kappa shape index (κ1) is 32.6. The highest BCUT2D eigenvalue weighted by Crippen LogP contribution is 2.43. The molecule has 0 spiro atoms. The molecule has 5 heterocycles. The lowest BCUT2D eigenvalue weighted by atomic mass is 10.0. The summed E-state index contributed by atoms with van der Waals surface area (Å²) in [4.78, 5) is 13.9. The molecule has 12 rings (SSSR count). The van der Waals surface area contributed by atoms with E-state index in [-0.39, 0.29) is 0 Å². The zero-order valence-corrected chi connectivity index (χ0v) is 30.4. The van der Waals surface area contributed by atoms with E-state index in [1.54, 1.807) is 6.20 Å². The number of halogens is 3. The Balaban J connectivity index is 1.14. The fourth-order valence-electron chi connectivity index (χ4n) is 8.80. The lowest BCUT2D eigenvalue weighted by molar-refractivity contribution is -0.137. The minimum Gasteiger partial charge on any atom is -0.452 e. The van der Waals surface area contributed by atoms with E-state index < -0.39 is 11.7 Å². The van der Waals surface area contributed by atoms with E-state index in [0.717, 1.165) is 77.9 Å². The van der Waals surface area contributed by atoms with E-state index in [1.165, 1.54) is 12.1 Å². The van der Waals surface area contributed by atoms with Crippen molar-refractivity contribution in [2.75, 3.05) is 0 Å². The van der Waals surface area contributed by atoms with Crippen LogP contribution in [0.2, 0.25) is 0 Å². The second-order valence-electron chi connectivity index (χ2n) is 14.6. The molecule has 0 amide bonds. The number of furan rings is 1. The van der Waals surface area contributed by atoms with Crippen molar-refractivity contribution >= 4 is 76.6 Å². The smallest absolute Gasteiger partial charge is 0.416 e. The summed E-state index contributed by atoms with van der Waals surface area (Å²) in [6.07, 6.45) is -2.79. The largest absolute Gasteiger partial charge is 0.452 e. The molecule has 0 radical (unpaired) electrons. The molecule has 276 valence electrons. The quantitative estimate of drug-likeness (QED) is 0.194. The van der Waals surface area contributed by atoms with Gasteiger partial charge in [-0.3, -0.25) is 9.13 Å². The third-order valence-electron chi connectivity index (χ3n) is 11.4. The van der Waals surface area contributed by atoms with Gasteiger partial charge in [0.2, 0.25) is 0 Å². The van der Waals surface area contributed by atoms with Crippen LogP contribution >= 0.6 is 0 Å². The van der Waals surface area contributed by atoms with Crippen LogP contribution in [0.5, 0.6) is 0 Å². The average molecular weight is 760 g/mol. The minimum atomic E-state index is -4.51. The Hall–Kier alpha value is -7.65. The number of pyridine rings is 1. The van der Waals surface area contributed by atoms with Crippen LogP contribution in [-0.4, -0.2) is 24.1 Å². The van der Waals surface area contributed by atoms with Gasteiger partial charge in [-0.15, -0.1) is 0 Å². The maximum atomic E-state index is 14.2. The number of aromatic amines is 1. The van der Waals surface area contributed by atoms with Crippen molar-refractivity contribution < 1.29 is 17.6 Å². The Labute approximate surface area is 327 Å². The summed E-state index contributed by atoms with van der Waals surface area (Å²) in [7, 11) is 0. The van der Waals surface area contributed by atoms with Gasteiger partial charge in [-0.1, -0.05) is 91.0 Å². The number of hydrogen-bond donors (Lipinski definition) is 1. The van der Waals surface area contributed by atoms with Gasteiger partial charge in [-0.2, -0.15) is 13.2 Å². The van der Waals surface area contributed by atoms with Gasteiger partial charge in [0.05, 0.1) is 33.1 Å². The van der Waals surface area contributed by atoms with Crippen molar-refractivity contribution in [1.82, 2.24) is 24.1 Å². The van der Waals surface area contributed by atoms with Crippen molar-refractivity contribution in [2.24, 2.45) is 0 Å². The monoisotopic (exact) mass is 759 g/mol. The topological polar surface area (TPSA) is 64.6 Å². The number of aromatic nitrogens is 5. The Morgan fingerprint density at radius 1 is 0.552 bits per heavy atom. The van der Waals surface area contributed by atoms with Crippen molar-refractivity contribution in [3.05, 3.63) is 169 Å². The fourth-order valence-corrected chi connectivity index (χ4v) is 8.80. The normalized spacial score (nSPS) is 12.4. The third kappa shape index (κ3) is 4.67. The van der Waals surface area contributed by atoms with E-state index in [0.29, 0.717) is 38.8 Å². The summed E-state index contributed by atoms with van der Waals surface area (Å²) in [6.45, 7) is 0. The summed E-state index contributed by atoms with van der Waals surface area (Å²) in [5.41, 5.74) is 9.20. The number of para-hydroxylation sites is 5. The number of H-pyrrole nitrogens is 1. The molecular weight excluding hydrogens is 732 g/mol. The number of hydrogen-bond acceptors (Lipinski definition) is 3. The summed E-state index contributed by atoms with van der Waals surface area (Å²) >= 11 is 0. The molecule has 6 nitrogen and oxygen atoms in total. The van der Waals surface area contributed by atoms with Gasteiger partial charge in [0.1, 0.15) is 11.4 Å². The number of benzene rings is 7. The standard InChI is InChI=1S/C49H28F3N5O/c50-49(51,52)29-21-23-40-38(27-29)33-22-20-28(26-42(33)57(40)48-46-36(24-25-53-48)34-13-5-7-19-43(34)58-46)31-14-9-18-41-45(31)55-47(56(41)30-10-2-1-3-11-30)37-16-8-15-35-32-12-4-6-17-39(32)54-44(35)37/h1-27,54H. The Bertz CT molecular complexity index is 3630. The molecule has 0 saturated heterocycles. The van der Waals surface area contributed by atoms with Crippen LogP contribution in [-0.2, 0) is 6.18 Å².